The molecule has 0 radical (unpaired) electrons. The van der Waals surface area contributed by atoms with Crippen LogP contribution >= 0.6 is 0 Å². The maximum absolute atomic E-state index is 2.26. The van der Waals surface area contributed by atoms with Crippen molar-refractivity contribution < 1.29 is 4.90 Å². The van der Waals surface area contributed by atoms with Gasteiger partial charge >= 0.3 is 0 Å². The van der Waals surface area contributed by atoms with Crippen LogP contribution in [0.1, 0.15) is 25.7 Å². The van der Waals surface area contributed by atoms with E-state index in [-0.39, 0.29) is 0 Å². The fourth-order valence-electron chi connectivity index (χ4n) is 1.50. The SMILES string of the molecule is C[NH+](C)C1CCCC1. The van der Waals surface area contributed by atoms with Gasteiger partial charge in [-0.25, -0.2) is 0 Å². The predicted octanol–water partition coefficient (Wildman–Crippen LogP) is 0.0735. The van der Waals surface area contributed by atoms with Gasteiger partial charge in [-0.05, 0) is 25.7 Å². The van der Waals surface area contributed by atoms with E-state index in [0.29, 0.717) is 0 Å². The van der Waals surface area contributed by atoms with Crippen LogP contribution in [0.15, 0.2) is 0 Å². The molecular formula is C7H16N+. The van der Waals surface area contributed by atoms with Gasteiger partial charge in [0.2, 0.25) is 0 Å². The van der Waals surface area contributed by atoms with Gasteiger partial charge in [-0.15, -0.1) is 0 Å². The molecule has 1 rings (SSSR count). The van der Waals surface area contributed by atoms with Crippen LogP contribution in [0.5, 0.6) is 0 Å². The molecule has 0 heterocycles. The first-order valence-corrected chi connectivity index (χ1v) is 3.61. The minimum absolute atomic E-state index is 0.981. The molecule has 1 nitrogen and oxygen atoms in total. The lowest BCUT2D eigenvalue weighted by atomic mass is 10.2. The maximum Gasteiger partial charge on any atom is 0.0870 e. The van der Waals surface area contributed by atoms with E-state index in [1.807, 2.05) is 0 Å². The number of quaternary nitrogens is 1. The Kier molecular flexibility index (Phi) is 1.90. The first kappa shape index (κ1) is 6.09. The molecule has 1 fully saturated rings. The molecule has 0 aromatic rings. The first-order chi connectivity index (χ1) is 3.80. The Bertz CT molecular complexity index is 62.8. The molecule has 0 spiro atoms. The molecule has 0 aliphatic heterocycles. The van der Waals surface area contributed by atoms with Crippen LogP contribution in [0.2, 0.25) is 0 Å². The highest BCUT2D eigenvalue weighted by Crippen LogP contribution is 2.14. The van der Waals surface area contributed by atoms with Crippen molar-refractivity contribution in [1.82, 2.24) is 0 Å². The second-order valence-electron chi connectivity index (χ2n) is 3.06. The summed E-state index contributed by atoms with van der Waals surface area (Å²) in [6.07, 6.45) is 5.86. The average Bonchev–Trinajstić information content (AvgIpc) is 2.12. The maximum atomic E-state index is 2.26. The molecule has 1 aliphatic rings. The van der Waals surface area contributed by atoms with E-state index in [9.17, 15) is 0 Å². The van der Waals surface area contributed by atoms with Crippen LogP contribution < -0.4 is 4.90 Å². The van der Waals surface area contributed by atoms with E-state index in [0.717, 1.165) is 6.04 Å². The molecule has 0 amide bonds. The Morgan fingerprint density at radius 3 is 1.88 bits per heavy atom. The topological polar surface area (TPSA) is 4.44 Å². The van der Waals surface area contributed by atoms with Gasteiger partial charge in [-0.2, -0.15) is 0 Å². The molecule has 0 unspecified atom stereocenters. The highest BCUT2D eigenvalue weighted by Gasteiger charge is 2.19. The highest BCUT2D eigenvalue weighted by molar-refractivity contribution is 4.63. The van der Waals surface area contributed by atoms with Gasteiger partial charge in [0, 0.05) is 0 Å². The lowest BCUT2D eigenvalue weighted by Gasteiger charge is -2.14. The van der Waals surface area contributed by atoms with Crippen LogP contribution in [0.4, 0.5) is 0 Å². The molecule has 0 aromatic heterocycles. The van der Waals surface area contributed by atoms with Crippen LogP contribution in [-0.4, -0.2) is 20.1 Å². The van der Waals surface area contributed by atoms with Gasteiger partial charge in [0.05, 0.1) is 20.1 Å². The second-order valence-corrected chi connectivity index (χ2v) is 3.06. The van der Waals surface area contributed by atoms with E-state index in [4.69, 9.17) is 0 Å². The zero-order valence-corrected chi connectivity index (χ0v) is 5.91. The summed E-state index contributed by atoms with van der Waals surface area (Å²) in [6.45, 7) is 0. The van der Waals surface area contributed by atoms with Crippen molar-refractivity contribution in [2.45, 2.75) is 31.7 Å². The van der Waals surface area contributed by atoms with Gasteiger partial charge in [-0.3, -0.25) is 0 Å². The molecule has 0 bridgehead atoms. The largest absolute Gasteiger partial charge is 0.337 e. The van der Waals surface area contributed by atoms with Crippen molar-refractivity contribution in [1.29, 1.82) is 0 Å². The van der Waals surface area contributed by atoms with E-state index in [1.165, 1.54) is 25.7 Å². The molecule has 8 heavy (non-hydrogen) atoms. The standard InChI is InChI=1S/C7H15N/c1-8(2)7-5-3-4-6-7/h7H,3-6H2,1-2H3/p+1. The number of hydrogen-bond acceptors (Lipinski definition) is 0. The molecular weight excluding hydrogens is 98.1 g/mol. The van der Waals surface area contributed by atoms with Gasteiger partial charge < -0.3 is 4.90 Å². The highest BCUT2D eigenvalue weighted by atomic mass is 15.1. The Morgan fingerprint density at radius 2 is 1.62 bits per heavy atom. The third-order valence-electron chi connectivity index (χ3n) is 2.17. The number of rotatable bonds is 1. The summed E-state index contributed by atoms with van der Waals surface area (Å²) in [6, 6.07) is 0.981. The van der Waals surface area contributed by atoms with E-state index >= 15 is 0 Å². The monoisotopic (exact) mass is 114 g/mol. The zero-order valence-electron chi connectivity index (χ0n) is 5.91. The van der Waals surface area contributed by atoms with Gasteiger partial charge in [0.1, 0.15) is 0 Å². The van der Waals surface area contributed by atoms with Crippen molar-refractivity contribution in [3.63, 3.8) is 0 Å². The molecule has 1 saturated carbocycles. The average molecular weight is 114 g/mol. The number of hydrogen-bond donors (Lipinski definition) is 1. The van der Waals surface area contributed by atoms with Crippen molar-refractivity contribution in [3.8, 4) is 0 Å². The minimum Gasteiger partial charge on any atom is -0.337 e. The Hall–Kier alpha value is -0.0400. The van der Waals surface area contributed by atoms with E-state index in [1.54, 1.807) is 4.90 Å². The van der Waals surface area contributed by atoms with Gasteiger partial charge in [0.25, 0.3) is 0 Å². The van der Waals surface area contributed by atoms with Crippen molar-refractivity contribution in [2.24, 2.45) is 0 Å². The fourth-order valence-corrected chi connectivity index (χ4v) is 1.50. The van der Waals surface area contributed by atoms with Gasteiger partial charge in [0.15, 0.2) is 0 Å². The van der Waals surface area contributed by atoms with Crippen molar-refractivity contribution >= 4 is 0 Å². The zero-order chi connectivity index (χ0) is 5.98. The first-order valence-electron chi connectivity index (χ1n) is 3.61. The fraction of sp³-hybridized carbons (Fsp3) is 1.00. The lowest BCUT2D eigenvalue weighted by Crippen LogP contribution is -3.09. The minimum atomic E-state index is 0.981. The van der Waals surface area contributed by atoms with Crippen LogP contribution in [0, 0.1) is 0 Å². The Morgan fingerprint density at radius 1 is 1.12 bits per heavy atom. The summed E-state index contributed by atoms with van der Waals surface area (Å²) in [7, 11) is 4.52. The van der Waals surface area contributed by atoms with Crippen molar-refractivity contribution in [2.75, 3.05) is 14.1 Å². The van der Waals surface area contributed by atoms with Crippen LogP contribution in [0.25, 0.3) is 0 Å². The third kappa shape index (κ3) is 1.22. The second kappa shape index (κ2) is 2.49. The molecule has 0 aromatic carbocycles. The van der Waals surface area contributed by atoms with Gasteiger partial charge in [-0.1, -0.05) is 0 Å². The normalized spacial score (nSPS) is 22.9. The molecule has 1 N–H and O–H groups in total. The van der Waals surface area contributed by atoms with Crippen LogP contribution in [0.3, 0.4) is 0 Å². The summed E-state index contributed by atoms with van der Waals surface area (Å²) in [5.74, 6) is 0. The molecule has 48 valence electrons. The summed E-state index contributed by atoms with van der Waals surface area (Å²) in [4.78, 5) is 1.64. The smallest absolute Gasteiger partial charge is 0.0870 e. The molecule has 0 atom stereocenters. The molecule has 0 saturated heterocycles. The van der Waals surface area contributed by atoms with E-state index < -0.39 is 0 Å². The Balaban J connectivity index is 2.24. The van der Waals surface area contributed by atoms with E-state index in [2.05, 4.69) is 14.1 Å². The van der Waals surface area contributed by atoms with Crippen molar-refractivity contribution in [3.05, 3.63) is 0 Å². The number of nitrogens with one attached hydrogen (secondary N) is 1. The molecule has 1 aliphatic carbocycles. The predicted molar refractivity (Wildman–Crippen MR) is 35.1 cm³/mol. The summed E-state index contributed by atoms with van der Waals surface area (Å²) in [5, 5.41) is 0. The lowest BCUT2D eigenvalue weighted by molar-refractivity contribution is -0.884. The summed E-state index contributed by atoms with van der Waals surface area (Å²) >= 11 is 0. The Labute approximate surface area is 51.7 Å². The quantitative estimate of drug-likeness (QED) is 0.492. The summed E-state index contributed by atoms with van der Waals surface area (Å²) in [5.41, 5.74) is 0. The molecule has 1 heteroatoms. The summed E-state index contributed by atoms with van der Waals surface area (Å²) < 4.78 is 0. The van der Waals surface area contributed by atoms with Crippen LogP contribution in [-0.2, 0) is 0 Å². The third-order valence-corrected chi connectivity index (χ3v) is 2.17.